The van der Waals surface area contributed by atoms with E-state index in [9.17, 15) is 13.6 Å². The Kier molecular flexibility index (Phi) is 2.69. The van der Waals surface area contributed by atoms with Gasteiger partial charge in [-0.05, 0) is 30.4 Å². The van der Waals surface area contributed by atoms with E-state index in [2.05, 4.69) is 0 Å². The summed E-state index contributed by atoms with van der Waals surface area (Å²) in [5.41, 5.74) is 0.0401. The Hall–Kier alpha value is -1.51. The van der Waals surface area contributed by atoms with Crippen molar-refractivity contribution in [1.82, 2.24) is 0 Å². The van der Waals surface area contributed by atoms with Crippen molar-refractivity contribution in [2.45, 2.75) is 0 Å². The molecule has 1 aromatic rings. The van der Waals surface area contributed by atoms with Gasteiger partial charge in [-0.3, -0.25) is 4.79 Å². The normalized spacial score (nSPS) is 10.5. The van der Waals surface area contributed by atoms with Crippen molar-refractivity contribution in [2.75, 3.05) is 0 Å². The highest BCUT2D eigenvalue weighted by Gasteiger charge is 1.98. The molecule has 3 heteroatoms. The number of allylic oxidation sites excluding steroid dienone is 1. The van der Waals surface area contributed by atoms with Crippen molar-refractivity contribution in [2.24, 2.45) is 0 Å². The number of hydrogen-bond donors (Lipinski definition) is 0. The second kappa shape index (κ2) is 3.76. The standard InChI is InChI=1S/C9H5F2O/c10-8-3-4-9(11)7(6-8)2-1-5-12/h1-4,6H/b2-1+. The van der Waals surface area contributed by atoms with E-state index in [1.54, 1.807) is 0 Å². The number of carbonyl (C=O) groups excluding carboxylic acids is 1. The molecule has 0 N–H and O–H groups in total. The van der Waals surface area contributed by atoms with E-state index in [0.717, 1.165) is 30.4 Å². The monoisotopic (exact) mass is 167 g/mol. The van der Waals surface area contributed by atoms with Crippen LogP contribution in [0.2, 0.25) is 0 Å². The summed E-state index contributed by atoms with van der Waals surface area (Å²) in [5.74, 6) is -1.11. The van der Waals surface area contributed by atoms with Crippen LogP contribution in [0.1, 0.15) is 5.56 Å². The summed E-state index contributed by atoms with van der Waals surface area (Å²) >= 11 is 0. The van der Waals surface area contributed by atoms with E-state index in [4.69, 9.17) is 0 Å². The van der Waals surface area contributed by atoms with Gasteiger partial charge < -0.3 is 0 Å². The molecular formula is C9H5F2O. The first-order valence-electron chi connectivity index (χ1n) is 3.23. The highest BCUT2D eigenvalue weighted by atomic mass is 19.1. The first-order chi connectivity index (χ1) is 5.74. The quantitative estimate of drug-likeness (QED) is 0.616. The van der Waals surface area contributed by atoms with Gasteiger partial charge in [-0.2, -0.15) is 0 Å². The Morgan fingerprint density at radius 3 is 2.75 bits per heavy atom. The summed E-state index contributed by atoms with van der Waals surface area (Å²) in [6, 6.07) is 3.01. The van der Waals surface area contributed by atoms with Gasteiger partial charge in [0.2, 0.25) is 6.29 Å². The van der Waals surface area contributed by atoms with Gasteiger partial charge in [0.05, 0.1) is 0 Å². The molecule has 0 saturated heterocycles. The van der Waals surface area contributed by atoms with Crippen molar-refractivity contribution >= 4 is 12.4 Å². The zero-order valence-corrected chi connectivity index (χ0v) is 6.05. The molecule has 0 aliphatic heterocycles. The minimum Gasteiger partial charge on any atom is -0.286 e. The van der Waals surface area contributed by atoms with Gasteiger partial charge in [0.15, 0.2) is 0 Å². The molecule has 0 aliphatic rings. The second-order valence-electron chi connectivity index (χ2n) is 2.12. The summed E-state index contributed by atoms with van der Waals surface area (Å²) in [7, 11) is 0. The maximum Gasteiger partial charge on any atom is 0.225 e. The Morgan fingerprint density at radius 1 is 1.33 bits per heavy atom. The second-order valence-corrected chi connectivity index (χ2v) is 2.12. The van der Waals surface area contributed by atoms with E-state index < -0.39 is 11.6 Å². The fourth-order valence-electron chi connectivity index (χ4n) is 0.766. The smallest absolute Gasteiger partial charge is 0.225 e. The van der Waals surface area contributed by atoms with Crippen LogP contribution in [0.4, 0.5) is 8.78 Å². The Balaban J connectivity index is 3.04. The topological polar surface area (TPSA) is 17.1 Å². The number of halogens is 2. The molecule has 0 unspecified atom stereocenters. The molecule has 0 aliphatic carbocycles. The molecule has 0 spiro atoms. The van der Waals surface area contributed by atoms with Gasteiger partial charge in [-0.15, -0.1) is 0 Å². The van der Waals surface area contributed by atoms with Crippen LogP contribution in [0.25, 0.3) is 6.08 Å². The summed E-state index contributed by atoms with van der Waals surface area (Å²) in [6.45, 7) is 0. The molecule has 0 amide bonds. The molecule has 1 aromatic carbocycles. The fourth-order valence-corrected chi connectivity index (χ4v) is 0.766. The molecule has 0 fully saturated rings. The molecule has 61 valence electrons. The van der Waals surface area contributed by atoms with Crippen molar-refractivity contribution in [3.8, 4) is 0 Å². The minimum absolute atomic E-state index is 0.0401. The van der Waals surface area contributed by atoms with Crippen LogP contribution in [0.5, 0.6) is 0 Å². The van der Waals surface area contributed by atoms with Crippen LogP contribution in [0.15, 0.2) is 24.3 Å². The van der Waals surface area contributed by atoms with Crippen molar-refractivity contribution in [1.29, 1.82) is 0 Å². The van der Waals surface area contributed by atoms with E-state index >= 15 is 0 Å². The lowest BCUT2D eigenvalue weighted by atomic mass is 10.2. The van der Waals surface area contributed by atoms with Crippen molar-refractivity contribution < 1.29 is 13.6 Å². The predicted molar refractivity (Wildman–Crippen MR) is 41.1 cm³/mol. The summed E-state index contributed by atoms with van der Waals surface area (Å²) in [5, 5.41) is 0. The summed E-state index contributed by atoms with van der Waals surface area (Å²) in [4.78, 5) is 9.75. The van der Waals surface area contributed by atoms with Crippen LogP contribution in [-0.4, -0.2) is 6.29 Å². The lowest BCUT2D eigenvalue weighted by Crippen LogP contribution is -1.83. The average molecular weight is 167 g/mol. The average Bonchev–Trinajstić information content (AvgIpc) is 2.07. The third-order valence-corrected chi connectivity index (χ3v) is 1.29. The molecule has 0 atom stereocenters. The van der Waals surface area contributed by atoms with Crippen molar-refractivity contribution in [3.05, 3.63) is 41.5 Å². The first-order valence-corrected chi connectivity index (χ1v) is 3.23. The highest BCUT2D eigenvalue weighted by Crippen LogP contribution is 2.10. The van der Waals surface area contributed by atoms with E-state index in [1.165, 1.54) is 6.29 Å². The third-order valence-electron chi connectivity index (χ3n) is 1.29. The molecule has 0 aromatic heterocycles. The lowest BCUT2D eigenvalue weighted by molar-refractivity contribution is 0.564. The minimum atomic E-state index is -0.567. The molecule has 0 saturated carbocycles. The molecule has 12 heavy (non-hydrogen) atoms. The summed E-state index contributed by atoms with van der Waals surface area (Å²) < 4.78 is 25.2. The lowest BCUT2D eigenvalue weighted by Gasteiger charge is -1.94. The number of rotatable bonds is 2. The Bertz CT molecular complexity index is 318. The van der Waals surface area contributed by atoms with Crippen LogP contribution in [0, 0.1) is 11.6 Å². The molecule has 1 nitrogen and oxygen atoms in total. The maximum atomic E-state index is 12.7. The Morgan fingerprint density at radius 2 is 2.08 bits per heavy atom. The molecule has 0 bridgehead atoms. The van der Waals surface area contributed by atoms with Gasteiger partial charge in [0.25, 0.3) is 0 Å². The van der Waals surface area contributed by atoms with Gasteiger partial charge in [0.1, 0.15) is 11.6 Å². The van der Waals surface area contributed by atoms with E-state index in [1.807, 2.05) is 0 Å². The van der Waals surface area contributed by atoms with E-state index in [-0.39, 0.29) is 5.56 Å². The van der Waals surface area contributed by atoms with E-state index in [0.29, 0.717) is 0 Å². The zero-order valence-electron chi connectivity index (χ0n) is 6.05. The molecule has 0 heterocycles. The van der Waals surface area contributed by atoms with Crippen LogP contribution in [-0.2, 0) is 4.79 Å². The van der Waals surface area contributed by atoms with Crippen LogP contribution < -0.4 is 0 Å². The largest absolute Gasteiger partial charge is 0.286 e. The fraction of sp³-hybridized carbons (Fsp3) is 0. The number of hydrogen-bond acceptors (Lipinski definition) is 1. The summed E-state index contributed by atoms with van der Waals surface area (Å²) in [6.07, 6.45) is 3.59. The van der Waals surface area contributed by atoms with Crippen LogP contribution in [0.3, 0.4) is 0 Å². The first kappa shape index (κ1) is 8.59. The Labute approximate surface area is 68.3 Å². The molecule has 1 rings (SSSR count). The zero-order chi connectivity index (χ0) is 8.97. The van der Waals surface area contributed by atoms with Crippen molar-refractivity contribution in [3.63, 3.8) is 0 Å². The highest BCUT2D eigenvalue weighted by molar-refractivity contribution is 5.74. The van der Waals surface area contributed by atoms with Crippen LogP contribution >= 0.6 is 0 Å². The SMILES string of the molecule is O=[C]/C=C/c1cc(F)ccc1F. The predicted octanol–water partition coefficient (Wildman–Crippen LogP) is 2.09. The van der Waals surface area contributed by atoms with Gasteiger partial charge in [-0.1, -0.05) is 0 Å². The van der Waals surface area contributed by atoms with Gasteiger partial charge >= 0.3 is 0 Å². The molecule has 1 radical (unpaired) electrons. The molecular weight excluding hydrogens is 162 g/mol. The van der Waals surface area contributed by atoms with Gasteiger partial charge in [-0.25, -0.2) is 8.78 Å². The third kappa shape index (κ3) is 1.99. The number of benzene rings is 1. The maximum absolute atomic E-state index is 12.7. The van der Waals surface area contributed by atoms with Gasteiger partial charge in [0, 0.05) is 5.56 Å².